The first-order chi connectivity index (χ1) is 11.8. The lowest BCUT2D eigenvalue weighted by Gasteiger charge is -2.18. The normalized spacial score (nSPS) is 11.2. The summed E-state index contributed by atoms with van der Waals surface area (Å²) in [5.74, 6) is -0.999. The second-order valence-electron chi connectivity index (χ2n) is 5.48. The number of rotatable bonds is 7. The quantitative estimate of drug-likeness (QED) is 0.594. The number of benzene rings is 1. The molecular formula is C16H18FN3O4S. The van der Waals surface area contributed by atoms with Gasteiger partial charge in [-0.2, -0.15) is 0 Å². The van der Waals surface area contributed by atoms with Crippen molar-refractivity contribution in [2.75, 3.05) is 6.61 Å². The van der Waals surface area contributed by atoms with E-state index >= 15 is 0 Å². The lowest BCUT2D eigenvalue weighted by Crippen LogP contribution is -2.30. The number of aromatic nitrogens is 2. The summed E-state index contributed by atoms with van der Waals surface area (Å²) in [5, 5.41) is 10.5. The topological polar surface area (TPSA) is 94.3 Å². The minimum Gasteiger partial charge on any atom is -0.465 e. The van der Waals surface area contributed by atoms with Gasteiger partial charge < -0.3 is 14.5 Å². The fourth-order valence-corrected chi connectivity index (χ4v) is 2.57. The summed E-state index contributed by atoms with van der Waals surface area (Å²) in [6.07, 6.45) is 0. The van der Waals surface area contributed by atoms with Crippen molar-refractivity contribution >= 4 is 23.6 Å². The SMILES string of the molecule is CCOC(=O)C(C)(C)Sc1nnc(CNC(=O)c2ccc(F)cc2)o1. The molecule has 0 radical (unpaired) electrons. The van der Waals surface area contributed by atoms with Crippen molar-refractivity contribution in [2.24, 2.45) is 0 Å². The average Bonchev–Trinajstić information content (AvgIpc) is 3.00. The Balaban J connectivity index is 1.92. The van der Waals surface area contributed by atoms with Gasteiger partial charge in [-0.15, -0.1) is 10.2 Å². The van der Waals surface area contributed by atoms with Crippen molar-refractivity contribution in [1.82, 2.24) is 15.5 Å². The molecule has 0 aliphatic heterocycles. The fraction of sp³-hybridized carbons (Fsp3) is 0.375. The van der Waals surface area contributed by atoms with Gasteiger partial charge in [0.1, 0.15) is 10.6 Å². The monoisotopic (exact) mass is 367 g/mol. The van der Waals surface area contributed by atoms with E-state index in [0.717, 1.165) is 11.8 Å². The number of carbonyl (C=O) groups excluding carboxylic acids is 2. The summed E-state index contributed by atoms with van der Waals surface area (Å²) in [6, 6.07) is 5.16. The van der Waals surface area contributed by atoms with Crippen molar-refractivity contribution in [1.29, 1.82) is 0 Å². The predicted molar refractivity (Wildman–Crippen MR) is 88.4 cm³/mol. The first-order valence-electron chi connectivity index (χ1n) is 7.54. The Morgan fingerprint density at radius 2 is 1.96 bits per heavy atom. The molecule has 7 nitrogen and oxygen atoms in total. The number of nitrogens with zero attached hydrogens (tertiary/aromatic N) is 2. The smallest absolute Gasteiger partial charge is 0.322 e. The Morgan fingerprint density at radius 3 is 2.60 bits per heavy atom. The highest BCUT2D eigenvalue weighted by Gasteiger charge is 2.33. The zero-order chi connectivity index (χ0) is 18.4. The molecular weight excluding hydrogens is 349 g/mol. The Kier molecular flexibility index (Phi) is 6.13. The summed E-state index contributed by atoms with van der Waals surface area (Å²) >= 11 is 1.08. The van der Waals surface area contributed by atoms with Crippen LogP contribution in [0, 0.1) is 5.82 Å². The molecule has 25 heavy (non-hydrogen) atoms. The minimum absolute atomic E-state index is 0.0175. The van der Waals surface area contributed by atoms with Gasteiger partial charge in [-0.25, -0.2) is 4.39 Å². The molecule has 9 heteroatoms. The third-order valence-corrected chi connectivity index (χ3v) is 4.08. The molecule has 0 saturated carbocycles. The van der Waals surface area contributed by atoms with Crippen LogP contribution in [0.3, 0.4) is 0 Å². The zero-order valence-electron chi connectivity index (χ0n) is 14.0. The molecule has 1 N–H and O–H groups in total. The van der Waals surface area contributed by atoms with Crippen LogP contribution in [0.15, 0.2) is 33.9 Å². The van der Waals surface area contributed by atoms with Crippen LogP contribution in [-0.2, 0) is 16.1 Å². The Bertz CT molecular complexity index is 746. The van der Waals surface area contributed by atoms with Gasteiger partial charge in [-0.3, -0.25) is 9.59 Å². The molecule has 0 saturated heterocycles. The highest BCUT2D eigenvalue weighted by Crippen LogP contribution is 2.32. The summed E-state index contributed by atoms with van der Waals surface area (Å²) in [5.41, 5.74) is 0.318. The van der Waals surface area contributed by atoms with Crippen molar-refractivity contribution in [3.63, 3.8) is 0 Å². The number of amides is 1. The largest absolute Gasteiger partial charge is 0.465 e. The van der Waals surface area contributed by atoms with E-state index in [1.165, 1.54) is 24.3 Å². The molecule has 1 heterocycles. The molecule has 2 rings (SSSR count). The first kappa shape index (κ1) is 18.9. The number of nitrogens with one attached hydrogen (secondary N) is 1. The molecule has 0 aliphatic rings. The maximum Gasteiger partial charge on any atom is 0.322 e. The standard InChI is InChI=1S/C16H18FN3O4S/c1-4-23-14(22)16(2,3)25-15-20-19-12(24-15)9-18-13(21)10-5-7-11(17)8-6-10/h5-8H,4,9H2,1-3H3,(H,18,21). The summed E-state index contributed by atoms with van der Waals surface area (Å²) in [6.45, 7) is 5.41. The summed E-state index contributed by atoms with van der Waals surface area (Å²) < 4.78 is 22.4. The van der Waals surface area contributed by atoms with Gasteiger partial charge in [-0.1, -0.05) is 0 Å². The number of ether oxygens (including phenoxy) is 1. The third-order valence-electron chi connectivity index (χ3n) is 3.06. The number of thioether (sulfide) groups is 1. The van der Waals surface area contributed by atoms with E-state index in [2.05, 4.69) is 15.5 Å². The van der Waals surface area contributed by atoms with Crippen LogP contribution in [-0.4, -0.2) is 33.4 Å². The van der Waals surface area contributed by atoms with Gasteiger partial charge in [0.05, 0.1) is 13.2 Å². The van der Waals surface area contributed by atoms with Crippen molar-refractivity contribution < 1.29 is 23.1 Å². The lowest BCUT2D eigenvalue weighted by atomic mass is 10.2. The van der Waals surface area contributed by atoms with Crippen LogP contribution in [0.5, 0.6) is 0 Å². The van der Waals surface area contributed by atoms with Gasteiger partial charge in [-0.05, 0) is 56.8 Å². The lowest BCUT2D eigenvalue weighted by molar-refractivity contribution is -0.145. The number of esters is 1. The Morgan fingerprint density at radius 1 is 1.28 bits per heavy atom. The second kappa shape index (κ2) is 8.11. The van der Waals surface area contributed by atoms with Crippen molar-refractivity contribution in [3.05, 3.63) is 41.5 Å². The van der Waals surface area contributed by atoms with Crippen LogP contribution >= 0.6 is 11.8 Å². The van der Waals surface area contributed by atoms with Crippen LogP contribution < -0.4 is 5.32 Å². The van der Waals surface area contributed by atoms with E-state index < -0.39 is 10.6 Å². The summed E-state index contributed by atoms with van der Waals surface area (Å²) in [7, 11) is 0. The molecule has 0 aliphatic carbocycles. The highest BCUT2D eigenvalue weighted by atomic mass is 32.2. The highest BCUT2D eigenvalue weighted by molar-refractivity contribution is 8.01. The molecule has 134 valence electrons. The maximum absolute atomic E-state index is 12.8. The fourth-order valence-electron chi connectivity index (χ4n) is 1.77. The number of carbonyl (C=O) groups is 2. The number of hydrogen-bond acceptors (Lipinski definition) is 7. The van der Waals surface area contributed by atoms with Crippen LogP contribution in [0.4, 0.5) is 4.39 Å². The number of halogens is 1. The van der Waals surface area contributed by atoms with Crippen LogP contribution in [0.25, 0.3) is 0 Å². The Hall–Kier alpha value is -2.42. The molecule has 1 aromatic heterocycles. The molecule has 0 fully saturated rings. The van der Waals surface area contributed by atoms with Crippen molar-refractivity contribution in [2.45, 2.75) is 37.3 Å². The second-order valence-corrected chi connectivity index (χ2v) is 7.06. The molecule has 1 aromatic carbocycles. The van der Waals surface area contributed by atoms with Gasteiger partial charge in [0.15, 0.2) is 0 Å². The van der Waals surface area contributed by atoms with Gasteiger partial charge in [0, 0.05) is 5.56 Å². The van der Waals surface area contributed by atoms with Crippen molar-refractivity contribution in [3.8, 4) is 0 Å². The molecule has 0 bridgehead atoms. The predicted octanol–water partition coefficient (Wildman–Crippen LogP) is 2.57. The third kappa shape index (κ3) is 5.28. The van der Waals surface area contributed by atoms with E-state index in [9.17, 15) is 14.0 Å². The molecule has 2 aromatic rings. The molecule has 1 amide bonds. The van der Waals surface area contributed by atoms with Gasteiger partial charge >= 0.3 is 5.97 Å². The van der Waals surface area contributed by atoms with E-state index in [1.807, 2.05) is 0 Å². The average molecular weight is 367 g/mol. The molecule has 0 atom stereocenters. The number of hydrogen-bond donors (Lipinski definition) is 1. The van der Waals surface area contributed by atoms with E-state index in [4.69, 9.17) is 9.15 Å². The first-order valence-corrected chi connectivity index (χ1v) is 8.36. The van der Waals surface area contributed by atoms with Crippen LogP contribution in [0.2, 0.25) is 0 Å². The molecule has 0 unspecified atom stereocenters. The van der Waals surface area contributed by atoms with Crippen LogP contribution in [0.1, 0.15) is 37.0 Å². The van der Waals surface area contributed by atoms with E-state index in [-0.39, 0.29) is 36.1 Å². The minimum atomic E-state index is -0.878. The molecule has 0 spiro atoms. The van der Waals surface area contributed by atoms with E-state index in [1.54, 1.807) is 20.8 Å². The summed E-state index contributed by atoms with van der Waals surface area (Å²) in [4.78, 5) is 23.8. The van der Waals surface area contributed by atoms with E-state index in [0.29, 0.717) is 5.56 Å². The van der Waals surface area contributed by atoms with Gasteiger partial charge in [0.2, 0.25) is 5.89 Å². The van der Waals surface area contributed by atoms with Gasteiger partial charge in [0.25, 0.3) is 11.1 Å². The maximum atomic E-state index is 12.8. The zero-order valence-corrected chi connectivity index (χ0v) is 14.9. The Labute approximate surface area is 148 Å².